The molecule has 0 fully saturated rings. The molecule has 5 nitrogen and oxygen atoms in total. The van der Waals surface area contributed by atoms with E-state index in [0.29, 0.717) is 11.1 Å². The van der Waals surface area contributed by atoms with Gasteiger partial charge in [-0.1, -0.05) is 24.3 Å². The van der Waals surface area contributed by atoms with Gasteiger partial charge in [-0.15, -0.1) is 0 Å². The maximum Gasteiger partial charge on any atom is 0.420 e. The number of amides is 1. The fourth-order valence-corrected chi connectivity index (χ4v) is 2.54. The van der Waals surface area contributed by atoms with Crippen LogP contribution < -0.4 is 11.1 Å². The molecule has 1 amide bonds. The van der Waals surface area contributed by atoms with Crippen LogP contribution in [0.25, 0.3) is 11.1 Å². The molecule has 1 atom stereocenters. The molecule has 0 saturated heterocycles. The molecule has 1 unspecified atom stereocenters. The van der Waals surface area contributed by atoms with Crippen LogP contribution >= 0.6 is 0 Å². The summed E-state index contributed by atoms with van der Waals surface area (Å²) in [5.74, 6) is -1.52. The lowest BCUT2D eigenvalue weighted by Crippen LogP contribution is -2.30. The quantitative estimate of drug-likeness (QED) is 0.781. The highest BCUT2D eigenvalue weighted by Gasteiger charge is 2.34. The molecular weight excluding hydrogens is 337 g/mol. The van der Waals surface area contributed by atoms with Gasteiger partial charge in [0.15, 0.2) is 5.58 Å². The number of aromatic nitrogens is 1. The van der Waals surface area contributed by atoms with Crippen molar-refractivity contribution in [3.05, 3.63) is 64.6 Å². The van der Waals surface area contributed by atoms with Gasteiger partial charge in [0, 0.05) is 0 Å². The van der Waals surface area contributed by atoms with Crippen molar-refractivity contribution in [2.24, 2.45) is 0 Å². The Kier molecular flexibility index (Phi) is 4.12. The number of carbonyl (C=O) groups is 1. The van der Waals surface area contributed by atoms with E-state index in [9.17, 15) is 22.8 Å². The van der Waals surface area contributed by atoms with Gasteiger partial charge in [-0.3, -0.25) is 9.36 Å². The number of nitrogens with zero attached hydrogens (tertiary/aromatic N) is 1. The third-order valence-corrected chi connectivity index (χ3v) is 3.78. The highest BCUT2D eigenvalue weighted by Crippen LogP contribution is 2.34. The predicted molar refractivity (Wildman–Crippen MR) is 85.3 cm³/mol. The Morgan fingerprint density at radius 2 is 1.76 bits per heavy atom. The lowest BCUT2D eigenvalue weighted by Gasteiger charge is -2.16. The van der Waals surface area contributed by atoms with Crippen molar-refractivity contribution in [1.29, 1.82) is 0 Å². The maximum absolute atomic E-state index is 13.0. The number of carbonyl (C=O) groups excluding carboxylic acids is 1. The van der Waals surface area contributed by atoms with E-state index in [1.807, 2.05) is 0 Å². The van der Waals surface area contributed by atoms with Gasteiger partial charge in [0.05, 0.1) is 16.8 Å². The van der Waals surface area contributed by atoms with Gasteiger partial charge in [-0.25, -0.2) is 4.79 Å². The second kappa shape index (κ2) is 6.12. The highest BCUT2D eigenvalue weighted by molar-refractivity contribution is 5.95. The molecule has 0 aliphatic rings. The molecule has 8 heteroatoms. The SMILES string of the molecule is CC(C(=O)Nc1ccccc1C(F)(F)F)n1c(=O)oc2ccccc21. The number of fused-ring (bicyclic) bond motifs is 1. The third kappa shape index (κ3) is 3.15. The van der Waals surface area contributed by atoms with E-state index in [-0.39, 0.29) is 5.69 Å². The van der Waals surface area contributed by atoms with Crippen molar-refractivity contribution in [3.63, 3.8) is 0 Å². The number of oxazole rings is 1. The van der Waals surface area contributed by atoms with E-state index >= 15 is 0 Å². The first-order valence-corrected chi connectivity index (χ1v) is 7.36. The molecule has 0 bridgehead atoms. The highest BCUT2D eigenvalue weighted by atomic mass is 19.4. The van der Waals surface area contributed by atoms with Crippen molar-refractivity contribution in [3.8, 4) is 0 Å². The van der Waals surface area contributed by atoms with Gasteiger partial charge >= 0.3 is 11.9 Å². The first-order valence-electron chi connectivity index (χ1n) is 7.36. The van der Waals surface area contributed by atoms with Gasteiger partial charge in [0.1, 0.15) is 6.04 Å². The Morgan fingerprint density at radius 1 is 1.12 bits per heavy atom. The Labute approximate surface area is 139 Å². The van der Waals surface area contributed by atoms with E-state index in [1.165, 1.54) is 19.1 Å². The van der Waals surface area contributed by atoms with Crippen molar-refractivity contribution in [1.82, 2.24) is 4.57 Å². The fourth-order valence-electron chi connectivity index (χ4n) is 2.54. The Morgan fingerprint density at radius 3 is 2.48 bits per heavy atom. The number of hydrogen-bond acceptors (Lipinski definition) is 3. The zero-order valence-corrected chi connectivity index (χ0v) is 13.0. The lowest BCUT2D eigenvalue weighted by molar-refractivity contribution is -0.137. The number of nitrogens with one attached hydrogen (secondary N) is 1. The summed E-state index contributed by atoms with van der Waals surface area (Å²) in [4.78, 5) is 24.4. The third-order valence-electron chi connectivity index (χ3n) is 3.78. The Bertz CT molecular complexity index is 988. The summed E-state index contributed by atoms with van der Waals surface area (Å²) >= 11 is 0. The summed E-state index contributed by atoms with van der Waals surface area (Å²) in [6.45, 7) is 1.41. The summed E-state index contributed by atoms with van der Waals surface area (Å²) in [6, 6.07) is 10.1. The molecule has 2 aromatic carbocycles. The molecule has 0 aliphatic carbocycles. The zero-order chi connectivity index (χ0) is 18.2. The van der Waals surface area contributed by atoms with Gasteiger partial charge in [-0.2, -0.15) is 13.2 Å². The van der Waals surface area contributed by atoms with Crippen LogP contribution in [0.15, 0.2) is 57.7 Å². The average molecular weight is 350 g/mol. The largest absolute Gasteiger partial charge is 0.420 e. The number of rotatable bonds is 3. The van der Waals surface area contributed by atoms with E-state index in [4.69, 9.17) is 4.42 Å². The standard InChI is InChI=1S/C17H13F3N2O3/c1-10(22-13-8-4-5-9-14(13)25-16(22)24)15(23)21-12-7-3-2-6-11(12)17(18,19)20/h2-10H,1H3,(H,21,23). The minimum absolute atomic E-state index is 0.294. The Balaban J connectivity index is 1.94. The average Bonchev–Trinajstić information content (AvgIpc) is 2.89. The minimum Gasteiger partial charge on any atom is -0.408 e. The summed E-state index contributed by atoms with van der Waals surface area (Å²) in [5.41, 5.74) is -0.644. The number of benzene rings is 2. The summed E-state index contributed by atoms with van der Waals surface area (Å²) in [6.07, 6.45) is -4.60. The molecule has 1 heterocycles. The predicted octanol–water partition coefficient (Wildman–Crippen LogP) is 3.81. The second-order valence-corrected chi connectivity index (χ2v) is 5.41. The number of para-hydroxylation sites is 3. The normalized spacial score (nSPS) is 13.0. The summed E-state index contributed by atoms with van der Waals surface area (Å²) < 4.78 is 45.2. The second-order valence-electron chi connectivity index (χ2n) is 5.41. The first kappa shape index (κ1) is 16.8. The molecule has 1 N–H and O–H groups in total. The van der Waals surface area contributed by atoms with Crippen LogP contribution in [-0.4, -0.2) is 10.5 Å². The van der Waals surface area contributed by atoms with Crippen molar-refractivity contribution >= 4 is 22.7 Å². The molecule has 1 aromatic heterocycles. The zero-order valence-electron chi connectivity index (χ0n) is 13.0. The maximum atomic E-state index is 13.0. The van der Waals surface area contributed by atoms with Gasteiger partial charge < -0.3 is 9.73 Å². The molecular formula is C17H13F3N2O3. The van der Waals surface area contributed by atoms with Crippen LogP contribution in [0.4, 0.5) is 18.9 Å². The number of anilines is 1. The molecule has 0 saturated carbocycles. The van der Waals surface area contributed by atoms with Gasteiger partial charge in [-0.05, 0) is 31.2 Å². The first-order chi connectivity index (χ1) is 11.8. The summed E-state index contributed by atoms with van der Waals surface area (Å²) in [7, 11) is 0. The van der Waals surface area contributed by atoms with E-state index in [1.54, 1.807) is 24.3 Å². The van der Waals surface area contributed by atoms with Crippen LogP contribution in [0.3, 0.4) is 0 Å². The molecule has 0 spiro atoms. The molecule has 0 radical (unpaired) electrons. The molecule has 25 heavy (non-hydrogen) atoms. The van der Waals surface area contributed by atoms with E-state index < -0.39 is 29.4 Å². The van der Waals surface area contributed by atoms with Crippen LogP contribution in [-0.2, 0) is 11.0 Å². The van der Waals surface area contributed by atoms with E-state index in [2.05, 4.69) is 5.32 Å². The topological polar surface area (TPSA) is 64.2 Å². The van der Waals surface area contributed by atoms with Crippen LogP contribution in [0.2, 0.25) is 0 Å². The molecule has 3 rings (SSSR count). The van der Waals surface area contributed by atoms with Gasteiger partial charge in [0.2, 0.25) is 5.91 Å². The molecule has 0 aliphatic heterocycles. The molecule has 3 aromatic rings. The number of alkyl halides is 3. The lowest BCUT2D eigenvalue weighted by atomic mass is 10.1. The van der Waals surface area contributed by atoms with Gasteiger partial charge in [0.25, 0.3) is 0 Å². The number of hydrogen-bond donors (Lipinski definition) is 1. The van der Waals surface area contributed by atoms with E-state index in [0.717, 1.165) is 16.7 Å². The minimum atomic E-state index is -4.60. The van der Waals surface area contributed by atoms with Crippen LogP contribution in [0.5, 0.6) is 0 Å². The van der Waals surface area contributed by atoms with Crippen molar-refractivity contribution in [2.75, 3.05) is 5.32 Å². The smallest absolute Gasteiger partial charge is 0.408 e. The molecule has 130 valence electrons. The summed E-state index contributed by atoms with van der Waals surface area (Å²) in [5, 5.41) is 2.24. The van der Waals surface area contributed by atoms with Crippen LogP contribution in [0.1, 0.15) is 18.5 Å². The van der Waals surface area contributed by atoms with Crippen molar-refractivity contribution < 1.29 is 22.4 Å². The van der Waals surface area contributed by atoms with Crippen LogP contribution in [0, 0.1) is 0 Å². The number of halogens is 3. The van der Waals surface area contributed by atoms with Crippen molar-refractivity contribution in [2.45, 2.75) is 19.1 Å². The monoisotopic (exact) mass is 350 g/mol. The Hall–Kier alpha value is -3.03. The fraction of sp³-hybridized carbons (Fsp3) is 0.176.